The van der Waals surface area contributed by atoms with Crippen molar-refractivity contribution in [3.8, 4) is 0 Å². The summed E-state index contributed by atoms with van der Waals surface area (Å²) in [5.41, 5.74) is 0. The first-order valence-electron chi connectivity index (χ1n) is 24.3. The van der Waals surface area contributed by atoms with Gasteiger partial charge in [0.05, 0.1) is 13.5 Å². The van der Waals surface area contributed by atoms with Gasteiger partial charge in [-0.05, 0) is 77.2 Å². The second-order valence-electron chi connectivity index (χ2n) is 16.0. The topological polar surface area (TPSA) is 86.9 Å². The first-order valence-corrected chi connectivity index (χ1v) is 24.3. The molecule has 0 bridgehead atoms. The Bertz CT molecular complexity index is 812. The highest BCUT2D eigenvalue weighted by Crippen LogP contribution is 2.11. The van der Waals surface area contributed by atoms with E-state index in [0.29, 0.717) is 26.4 Å². The summed E-state index contributed by atoms with van der Waals surface area (Å²) in [6, 6.07) is 0. The maximum atomic E-state index is 12.4. The second kappa shape index (κ2) is 49.9. The lowest BCUT2D eigenvalue weighted by molar-refractivity contribution is -0.121. The molecule has 8 heteroatoms. The molecule has 0 aliphatic rings. The van der Waals surface area contributed by atoms with Crippen LogP contribution in [0, 0.1) is 0 Å². The average Bonchev–Trinajstić information content (AvgIpc) is 3.20. The highest BCUT2D eigenvalue weighted by atomic mass is 16.5. The Kier molecular flexibility index (Phi) is 48.7. The molecule has 0 aromatic heterocycles. The first-order chi connectivity index (χ1) is 27.7. The van der Waals surface area contributed by atoms with Crippen LogP contribution in [-0.4, -0.2) is 89.8 Å². The molecule has 0 saturated carbocycles. The van der Waals surface area contributed by atoms with Crippen LogP contribution in [0.1, 0.15) is 201 Å². The van der Waals surface area contributed by atoms with Gasteiger partial charge in [0.2, 0.25) is 5.91 Å². The minimum absolute atomic E-state index is 0.126. The van der Waals surface area contributed by atoms with Crippen molar-refractivity contribution in [1.82, 2.24) is 26.2 Å². The van der Waals surface area contributed by atoms with Crippen molar-refractivity contribution >= 4 is 5.91 Å². The molecule has 0 aromatic carbocycles. The summed E-state index contributed by atoms with van der Waals surface area (Å²) < 4.78 is 11.5. The van der Waals surface area contributed by atoms with E-state index in [-0.39, 0.29) is 5.91 Å². The smallest absolute Gasteiger partial charge is 0.221 e. The van der Waals surface area contributed by atoms with E-state index in [2.05, 4.69) is 71.2 Å². The zero-order chi connectivity index (χ0) is 40.5. The van der Waals surface area contributed by atoms with Gasteiger partial charge in [0.1, 0.15) is 0 Å². The predicted molar refractivity (Wildman–Crippen MR) is 245 cm³/mol. The van der Waals surface area contributed by atoms with Crippen LogP contribution in [0.15, 0.2) is 24.3 Å². The van der Waals surface area contributed by atoms with Crippen molar-refractivity contribution in [1.29, 1.82) is 0 Å². The maximum Gasteiger partial charge on any atom is 0.221 e. The van der Waals surface area contributed by atoms with E-state index < -0.39 is 0 Å². The van der Waals surface area contributed by atoms with Crippen LogP contribution in [0.3, 0.4) is 0 Å². The molecule has 8 nitrogen and oxygen atoms in total. The van der Waals surface area contributed by atoms with Gasteiger partial charge in [0.15, 0.2) is 0 Å². The third kappa shape index (κ3) is 47.1. The molecule has 1 amide bonds. The number of amides is 1. The number of allylic oxidation sites excluding steroid dienone is 4. The Morgan fingerprint density at radius 3 is 1.30 bits per heavy atom. The molecule has 0 rings (SSSR count). The van der Waals surface area contributed by atoms with E-state index in [0.717, 1.165) is 78.3 Å². The largest absolute Gasteiger partial charge is 0.366 e. The van der Waals surface area contributed by atoms with Crippen molar-refractivity contribution in [2.45, 2.75) is 201 Å². The van der Waals surface area contributed by atoms with Crippen molar-refractivity contribution in [3.63, 3.8) is 0 Å². The fourth-order valence-electron chi connectivity index (χ4n) is 6.81. The number of ether oxygens (including phenoxy) is 2. The van der Waals surface area contributed by atoms with Gasteiger partial charge >= 0.3 is 0 Å². The Hall–Kier alpha value is -1.29. The van der Waals surface area contributed by atoms with Gasteiger partial charge in [0.25, 0.3) is 0 Å². The summed E-state index contributed by atoms with van der Waals surface area (Å²) in [5, 5.41) is 13.2. The monoisotopic (exact) mass is 792 g/mol. The number of hydrogen-bond donors (Lipinski definition) is 4. The number of carbonyl (C=O) groups is 1. The van der Waals surface area contributed by atoms with Crippen molar-refractivity contribution in [3.05, 3.63) is 24.3 Å². The molecule has 332 valence electrons. The Labute approximate surface area is 349 Å². The normalized spacial score (nSPS) is 11.9. The second-order valence-corrected chi connectivity index (χ2v) is 16.0. The van der Waals surface area contributed by atoms with E-state index >= 15 is 0 Å². The van der Waals surface area contributed by atoms with E-state index in [9.17, 15) is 4.79 Å². The van der Waals surface area contributed by atoms with Gasteiger partial charge in [-0.1, -0.05) is 148 Å². The zero-order valence-corrected chi connectivity index (χ0v) is 37.8. The fraction of sp³-hybridized carbons (Fsp3) is 0.896. The molecular weight excluding hydrogens is 695 g/mol. The Morgan fingerprint density at radius 2 is 0.839 bits per heavy atom. The lowest BCUT2D eigenvalue weighted by Gasteiger charge is -2.21. The summed E-state index contributed by atoms with van der Waals surface area (Å²) in [5.74, 6) is 0.126. The molecule has 0 heterocycles. The van der Waals surface area contributed by atoms with E-state index in [1.807, 2.05) is 0 Å². The summed E-state index contributed by atoms with van der Waals surface area (Å²) in [4.78, 5) is 14.8. The predicted octanol–water partition coefficient (Wildman–Crippen LogP) is 11.2. The lowest BCUT2D eigenvalue weighted by Crippen LogP contribution is -2.38. The molecule has 56 heavy (non-hydrogen) atoms. The molecule has 0 atom stereocenters. The third-order valence-electron chi connectivity index (χ3n) is 10.4. The Morgan fingerprint density at radius 1 is 0.429 bits per heavy atom. The van der Waals surface area contributed by atoms with Crippen LogP contribution in [0.2, 0.25) is 0 Å². The van der Waals surface area contributed by atoms with Crippen LogP contribution >= 0.6 is 0 Å². The molecule has 4 N–H and O–H groups in total. The highest BCUT2D eigenvalue weighted by molar-refractivity contribution is 5.76. The maximum absolute atomic E-state index is 12.4. The molecule has 0 aliphatic heterocycles. The summed E-state index contributed by atoms with van der Waals surface area (Å²) >= 11 is 0. The molecule has 0 fully saturated rings. The number of nitrogens with zero attached hydrogens (tertiary/aromatic N) is 1. The molecule has 0 aliphatic carbocycles. The minimum Gasteiger partial charge on any atom is -0.366 e. The molecule has 0 aromatic rings. The lowest BCUT2D eigenvalue weighted by atomic mass is 10.1. The van der Waals surface area contributed by atoms with E-state index in [4.69, 9.17) is 9.47 Å². The highest BCUT2D eigenvalue weighted by Gasteiger charge is 2.07. The average molecular weight is 792 g/mol. The van der Waals surface area contributed by atoms with Crippen LogP contribution in [-0.2, 0) is 14.3 Å². The van der Waals surface area contributed by atoms with Gasteiger partial charge in [-0.15, -0.1) is 0 Å². The van der Waals surface area contributed by atoms with Gasteiger partial charge in [-0.25, -0.2) is 0 Å². The SMILES string of the molecule is CCCCCCCC/C=C\CCCCCCCOCNCCNCCN(CCC)CCC(=O)NCCNCOCCCCCCC/C=C\CCCCCCCC. The molecule has 0 radical (unpaired) electrons. The van der Waals surface area contributed by atoms with Crippen LogP contribution in [0.5, 0.6) is 0 Å². The number of unbranched alkanes of at least 4 members (excludes halogenated alkanes) is 22. The van der Waals surface area contributed by atoms with E-state index in [1.54, 1.807) is 0 Å². The van der Waals surface area contributed by atoms with Gasteiger partial charge in [-0.3, -0.25) is 15.4 Å². The molecule has 0 saturated heterocycles. The molecule has 0 unspecified atom stereocenters. The summed E-state index contributed by atoms with van der Waals surface area (Å²) in [6.45, 7) is 16.5. The fourth-order valence-corrected chi connectivity index (χ4v) is 6.81. The number of rotatable bonds is 48. The molecule has 0 spiro atoms. The van der Waals surface area contributed by atoms with E-state index in [1.165, 1.54) is 154 Å². The summed E-state index contributed by atoms with van der Waals surface area (Å²) in [6.07, 6.45) is 45.5. The Balaban J connectivity index is 3.45. The van der Waals surface area contributed by atoms with Gasteiger partial charge < -0.3 is 25.0 Å². The van der Waals surface area contributed by atoms with Crippen molar-refractivity contribution < 1.29 is 14.3 Å². The molecular formula is C48H97N5O3. The number of carbonyl (C=O) groups excluding carboxylic acids is 1. The van der Waals surface area contributed by atoms with Crippen LogP contribution in [0.25, 0.3) is 0 Å². The van der Waals surface area contributed by atoms with Gasteiger partial charge in [0, 0.05) is 65.4 Å². The van der Waals surface area contributed by atoms with Gasteiger partial charge in [-0.2, -0.15) is 0 Å². The van der Waals surface area contributed by atoms with Crippen LogP contribution in [0.4, 0.5) is 0 Å². The minimum atomic E-state index is 0.126. The number of nitrogens with one attached hydrogen (secondary N) is 4. The number of hydrogen-bond acceptors (Lipinski definition) is 7. The first kappa shape index (κ1) is 54.7. The quantitative estimate of drug-likeness (QED) is 0.0277. The third-order valence-corrected chi connectivity index (χ3v) is 10.4. The van der Waals surface area contributed by atoms with Crippen LogP contribution < -0.4 is 21.3 Å². The van der Waals surface area contributed by atoms with Crippen molar-refractivity contribution in [2.24, 2.45) is 0 Å². The standard InChI is InChI=1S/C48H97N5O3/c1-4-7-9-11-13-15-17-19-21-23-25-27-29-31-33-44-55-46-50-37-36-49-40-43-53(41-6-3)42-35-48(54)52-39-38-51-47-56-45-34-32-30-28-26-24-22-20-18-16-14-12-10-8-5-2/h19-22,49-51H,4-18,23-47H2,1-3H3,(H,52,54)/b21-19-,22-20-. The zero-order valence-electron chi connectivity index (χ0n) is 37.8. The van der Waals surface area contributed by atoms with Crippen molar-refractivity contribution in [2.75, 3.05) is 79.0 Å². The summed E-state index contributed by atoms with van der Waals surface area (Å²) in [7, 11) is 0.